The molecule has 0 saturated carbocycles. The van der Waals surface area contributed by atoms with E-state index in [1.807, 2.05) is 36.9 Å². The molecule has 0 radical (unpaired) electrons. The Bertz CT molecular complexity index is 1090. The molecule has 162 valence electrons. The Kier molecular flexibility index (Phi) is 5.83. The minimum Gasteiger partial charge on any atom is -0.384 e. The average molecular weight is 422 g/mol. The maximum absolute atomic E-state index is 13.2. The van der Waals surface area contributed by atoms with Crippen LogP contribution in [0.4, 0.5) is 5.82 Å². The van der Waals surface area contributed by atoms with Crippen molar-refractivity contribution in [2.75, 3.05) is 31.9 Å². The molecule has 1 fully saturated rings. The molecule has 2 amide bonds. The monoisotopic (exact) mass is 421 g/mol. The van der Waals surface area contributed by atoms with Crippen LogP contribution in [0.15, 0.2) is 36.5 Å². The number of rotatable bonds is 5. The lowest BCUT2D eigenvalue weighted by molar-refractivity contribution is -0.136. The van der Waals surface area contributed by atoms with Gasteiger partial charge >= 0.3 is 0 Å². The smallest absolute Gasteiger partial charge is 0.254 e. The largest absolute Gasteiger partial charge is 0.384 e. The fourth-order valence-electron chi connectivity index (χ4n) is 4.08. The van der Waals surface area contributed by atoms with E-state index in [1.54, 1.807) is 23.2 Å². The molecule has 9 nitrogen and oxygen atoms in total. The van der Waals surface area contributed by atoms with Gasteiger partial charge in [0.2, 0.25) is 11.7 Å². The fraction of sp³-hybridized carbons (Fsp3) is 0.409. The first-order chi connectivity index (χ1) is 15.0. The maximum Gasteiger partial charge on any atom is 0.254 e. The number of carbonyl (C=O) groups excluding carboxylic acids is 2. The Balaban J connectivity index is 1.58. The Morgan fingerprint density at radius 2 is 2.03 bits per heavy atom. The lowest BCUT2D eigenvalue weighted by atomic mass is 9.96. The Hall–Kier alpha value is -3.49. The summed E-state index contributed by atoms with van der Waals surface area (Å²) in [5.41, 5.74) is 7.74. The molecule has 4 rings (SSSR count). The van der Waals surface area contributed by atoms with E-state index in [-0.39, 0.29) is 17.7 Å². The zero-order chi connectivity index (χ0) is 22.0. The van der Waals surface area contributed by atoms with Crippen LogP contribution >= 0.6 is 0 Å². The van der Waals surface area contributed by atoms with Crippen LogP contribution in [0.5, 0.6) is 0 Å². The molecular weight excluding hydrogens is 394 g/mol. The van der Waals surface area contributed by atoms with E-state index in [4.69, 9.17) is 5.73 Å². The Labute approximate surface area is 180 Å². The third kappa shape index (κ3) is 4.08. The number of amides is 2. The van der Waals surface area contributed by atoms with E-state index in [2.05, 4.69) is 15.1 Å². The van der Waals surface area contributed by atoms with Gasteiger partial charge in [0, 0.05) is 37.9 Å². The highest BCUT2D eigenvalue weighted by Crippen LogP contribution is 2.23. The van der Waals surface area contributed by atoms with Crippen LogP contribution in [-0.4, -0.2) is 67.4 Å². The highest BCUT2D eigenvalue weighted by atomic mass is 16.2. The minimum atomic E-state index is -0.164. The second-order valence-corrected chi connectivity index (χ2v) is 7.69. The predicted molar refractivity (Wildman–Crippen MR) is 117 cm³/mol. The topological polar surface area (TPSA) is 110 Å². The molecule has 0 spiro atoms. The second-order valence-electron chi connectivity index (χ2n) is 7.69. The summed E-state index contributed by atoms with van der Waals surface area (Å²) in [7, 11) is 0. The van der Waals surface area contributed by atoms with Gasteiger partial charge in [0.1, 0.15) is 11.5 Å². The summed E-state index contributed by atoms with van der Waals surface area (Å²) in [5.74, 6) is 0.578. The van der Waals surface area contributed by atoms with Crippen LogP contribution in [0.1, 0.15) is 37.0 Å². The van der Waals surface area contributed by atoms with Gasteiger partial charge < -0.3 is 15.5 Å². The summed E-state index contributed by atoms with van der Waals surface area (Å²) < 4.78 is 1.50. The van der Waals surface area contributed by atoms with E-state index >= 15 is 0 Å². The summed E-state index contributed by atoms with van der Waals surface area (Å²) >= 11 is 0. The van der Waals surface area contributed by atoms with Crippen LogP contribution in [0.3, 0.4) is 0 Å². The quantitative estimate of drug-likeness (QED) is 0.676. The summed E-state index contributed by atoms with van der Waals surface area (Å²) in [4.78, 5) is 38.3. The number of likely N-dealkylation sites (tertiary alicyclic amines) is 1. The van der Waals surface area contributed by atoms with Gasteiger partial charge in [-0.05, 0) is 51.0 Å². The van der Waals surface area contributed by atoms with Crippen molar-refractivity contribution in [2.24, 2.45) is 5.92 Å². The van der Waals surface area contributed by atoms with Crippen molar-refractivity contribution in [1.29, 1.82) is 0 Å². The number of fused-ring (bicyclic) bond motifs is 1. The molecule has 2 N–H and O–H groups in total. The number of pyridine rings is 2. The normalized spacial score (nSPS) is 16.5. The number of hydrogen-bond donors (Lipinski definition) is 1. The highest BCUT2D eigenvalue weighted by molar-refractivity contribution is 5.96. The number of carbonyl (C=O) groups is 2. The van der Waals surface area contributed by atoms with E-state index in [9.17, 15) is 9.59 Å². The number of hydrogen-bond acceptors (Lipinski definition) is 6. The van der Waals surface area contributed by atoms with Crippen molar-refractivity contribution < 1.29 is 9.59 Å². The zero-order valence-corrected chi connectivity index (χ0v) is 17.9. The summed E-state index contributed by atoms with van der Waals surface area (Å²) in [6.45, 7) is 6.35. The third-order valence-corrected chi connectivity index (χ3v) is 5.74. The van der Waals surface area contributed by atoms with Gasteiger partial charge in [0.05, 0.1) is 5.92 Å². The van der Waals surface area contributed by atoms with Crippen LogP contribution in [0.2, 0.25) is 0 Å². The first kappa shape index (κ1) is 20.8. The molecule has 3 aromatic heterocycles. The molecule has 1 aliphatic rings. The first-order valence-corrected chi connectivity index (χ1v) is 10.7. The molecule has 4 heterocycles. The van der Waals surface area contributed by atoms with Crippen LogP contribution in [0.25, 0.3) is 17.2 Å². The number of nitrogen functional groups attached to an aromatic ring is 1. The number of nitrogens with zero attached hydrogens (tertiary/aromatic N) is 6. The van der Waals surface area contributed by atoms with Crippen molar-refractivity contribution in [3.63, 3.8) is 0 Å². The van der Waals surface area contributed by atoms with E-state index in [0.29, 0.717) is 54.7 Å². The van der Waals surface area contributed by atoms with Gasteiger partial charge in [-0.15, -0.1) is 5.10 Å². The average Bonchev–Trinajstić information content (AvgIpc) is 3.25. The molecule has 3 aromatic rings. The number of aromatic nitrogens is 4. The number of anilines is 1. The van der Waals surface area contributed by atoms with Crippen molar-refractivity contribution >= 4 is 23.3 Å². The number of piperidine rings is 1. The Morgan fingerprint density at radius 1 is 1.23 bits per heavy atom. The highest BCUT2D eigenvalue weighted by Gasteiger charge is 2.31. The molecule has 1 saturated heterocycles. The molecule has 0 bridgehead atoms. The van der Waals surface area contributed by atoms with Crippen molar-refractivity contribution in [1.82, 2.24) is 29.4 Å². The van der Waals surface area contributed by atoms with Crippen LogP contribution in [-0.2, 0) is 4.79 Å². The van der Waals surface area contributed by atoms with Gasteiger partial charge in [0.15, 0.2) is 5.65 Å². The summed E-state index contributed by atoms with van der Waals surface area (Å²) in [6, 6.07) is 8.80. The zero-order valence-electron chi connectivity index (χ0n) is 17.9. The van der Waals surface area contributed by atoms with E-state index in [0.717, 1.165) is 12.8 Å². The predicted octanol–water partition coefficient (Wildman–Crippen LogP) is 2.09. The first-order valence-electron chi connectivity index (χ1n) is 10.7. The molecule has 0 aliphatic carbocycles. The SMILES string of the molecule is CCN(CC)C(=O)C1CCCN(C(=O)c2cc(N)n3nc(-c4ccccn4)nc3c2)C1. The van der Waals surface area contributed by atoms with E-state index in [1.165, 1.54) is 4.52 Å². The summed E-state index contributed by atoms with van der Waals surface area (Å²) in [6.07, 6.45) is 3.28. The van der Waals surface area contributed by atoms with Gasteiger partial charge in [-0.1, -0.05) is 6.07 Å². The maximum atomic E-state index is 13.2. The second kappa shape index (κ2) is 8.71. The van der Waals surface area contributed by atoms with Crippen molar-refractivity contribution in [3.8, 4) is 11.5 Å². The lowest BCUT2D eigenvalue weighted by Gasteiger charge is -2.34. The molecule has 1 unspecified atom stereocenters. The Morgan fingerprint density at radius 3 is 2.74 bits per heavy atom. The molecule has 0 aromatic carbocycles. The fourth-order valence-corrected chi connectivity index (χ4v) is 4.08. The molecular formula is C22H27N7O2. The molecule has 31 heavy (non-hydrogen) atoms. The summed E-state index contributed by atoms with van der Waals surface area (Å²) in [5, 5.41) is 4.41. The van der Waals surface area contributed by atoms with Gasteiger partial charge in [-0.2, -0.15) is 4.52 Å². The lowest BCUT2D eigenvalue weighted by Crippen LogP contribution is -2.46. The van der Waals surface area contributed by atoms with Crippen LogP contribution in [0, 0.1) is 5.92 Å². The van der Waals surface area contributed by atoms with Gasteiger partial charge in [-0.25, -0.2) is 4.98 Å². The van der Waals surface area contributed by atoms with Crippen molar-refractivity contribution in [3.05, 3.63) is 42.1 Å². The third-order valence-electron chi connectivity index (χ3n) is 5.74. The van der Waals surface area contributed by atoms with Gasteiger partial charge in [0.25, 0.3) is 5.91 Å². The van der Waals surface area contributed by atoms with Crippen LogP contribution < -0.4 is 5.73 Å². The van der Waals surface area contributed by atoms with Gasteiger partial charge in [-0.3, -0.25) is 14.6 Å². The molecule has 1 atom stereocenters. The number of nitrogens with two attached hydrogens (primary N) is 1. The molecule has 9 heteroatoms. The minimum absolute atomic E-state index is 0.120. The molecule has 1 aliphatic heterocycles. The van der Waals surface area contributed by atoms with Crippen molar-refractivity contribution in [2.45, 2.75) is 26.7 Å². The standard InChI is InChI=1S/C22H27N7O2/c1-3-27(4-2)21(30)15-8-7-11-28(14-15)22(31)16-12-18(23)29-19(13-16)25-20(26-29)17-9-5-6-10-24-17/h5-6,9-10,12-13,15H,3-4,7-8,11,14,23H2,1-2H3. The van der Waals surface area contributed by atoms with E-state index < -0.39 is 0 Å².